The van der Waals surface area contributed by atoms with E-state index < -0.39 is 88.9 Å². The van der Waals surface area contributed by atoms with Crippen LogP contribution in [0.15, 0.2) is 0 Å². The predicted molar refractivity (Wildman–Crippen MR) is 86.5 cm³/mol. The molecule has 0 fully saturated rings. The zero-order chi connectivity index (χ0) is 29.6. The third-order valence-electron chi connectivity index (χ3n) is 4.43. The summed E-state index contributed by atoms with van der Waals surface area (Å²) < 4.78 is 226. The Hall–Kier alpha value is -0.930. The van der Waals surface area contributed by atoms with E-state index in [0.717, 1.165) is 13.8 Å². The fraction of sp³-hybridized carbons (Fsp3) is 0.938. The zero-order valence-electron chi connectivity index (χ0n) is 17.8. The van der Waals surface area contributed by atoms with Gasteiger partial charge in [-0.2, -0.15) is 0 Å². The fourth-order valence-electron chi connectivity index (χ4n) is 2.15. The summed E-state index contributed by atoms with van der Waals surface area (Å²) in [7, 11) is 0. The van der Waals surface area contributed by atoms with Crippen LogP contribution in [-0.4, -0.2) is 81.1 Å². The van der Waals surface area contributed by atoms with Crippen molar-refractivity contribution in [1.29, 1.82) is 0 Å². The zero-order valence-corrected chi connectivity index (χ0v) is 20.1. The molecule has 0 heterocycles. The maximum absolute atomic E-state index is 13.8. The summed E-state index contributed by atoms with van der Waals surface area (Å²) in [6.45, 7) is 3.14. The van der Waals surface area contributed by atoms with Gasteiger partial charge in [-0.05, 0) is 0 Å². The van der Waals surface area contributed by atoms with Gasteiger partial charge in [0.1, 0.15) is 0 Å². The number of halogens is 17. The number of carbonyl (C=O) groups excluding carboxylic acids is 1. The molecule has 216 valence electrons. The number of esters is 1. The first-order valence-corrected chi connectivity index (χ1v) is 11.8. The first-order valence-electron chi connectivity index (χ1n) is 8.96. The normalized spacial score (nSPS) is 15.8. The molecule has 0 aromatic carbocycles. The summed E-state index contributed by atoms with van der Waals surface area (Å²) in [5, 5.41) is 0. The second kappa shape index (κ2) is 9.99. The van der Waals surface area contributed by atoms with E-state index in [1.807, 2.05) is 0 Å². The molecule has 36 heavy (non-hydrogen) atoms. The number of hydrogen-bond acceptors (Lipinski definition) is 2. The van der Waals surface area contributed by atoms with Crippen molar-refractivity contribution in [3.05, 3.63) is 0 Å². The Morgan fingerprint density at radius 2 is 0.944 bits per heavy atom. The van der Waals surface area contributed by atoms with Crippen molar-refractivity contribution < 1.29 is 84.2 Å². The van der Waals surface area contributed by atoms with Crippen LogP contribution in [-0.2, 0) is 9.53 Å². The predicted octanol–water partition coefficient (Wildman–Crippen LogP) is 7.27. The van der Waals surface area contributed by atoms with E-state index >= 15 is 0 Å². The number of hydrogen-bond donors (Lipinski definition) is 0. The van der Waals surface area contributed by atoms with Gasteiger partial charge >= 0.3 is 200 Å². The monoisotopic (exact) mass is 692 g/mol. The molecule has 2 nitrogen and oxygen atoms in total. The number of rotatable bonds is 12. The van der Waals surface area contributed by atoms with Crippen LogP contribution in [0.2, 0.25) is 7.93 Å². The third-order valence-corrected chi connectivity index (χ3v) is 8.13. The van der Waals surface area contributed by atoms with Crippen molar-refractivity contribution in [3.63, 3.8) is 0 Å². The number of carbonyl (C=O) groups is 1. The Kier molecular flexibility index (Phi) is 9.73. The van der Waals surface area contributed by atoms with Crippen LogP contribution in [0.1, 0.15) is 27.2 Å². The molecule has 0 atom stereocenters. The van der Waals surface area contributed by atoms with Gasteiger partial charge in [-0.1, -0.05) is 0 Å². The van der Waals surface area contributed by atoms with Crippen molar-refractivity contribution in [2.75, 3.05) is 6.61 Å². The van der Waals surface area contributed by atoms with Gasteiger partial charge in [0.05, 0.1) is 0 Å². The van der Waals surface area contributed by atoms with Crippen molar-refractivity contribution in [2.24, 2.45) is 0 Å². The van der Waals surface area contributed by atoms with Gasteiger partial charge < -0.3 is 0 Å². The van der Waals surface area contributed by atoms with E-state index in [1.54, 1.807) is 0 Å². The summed E-state index contributed by atoms with van der Waals surface area (Å²) in [6, 6.07) is 0. The molecule has 0 radical (unpaired) electrons. The molecule has 0 amide bonds. The molecule has 0 saturated heterocycles. The first kappa shape index (κ1) is 35.1. The van der Waals surface area contributed by atoms with Crippen molar-refractivity contribution in [1.82, 2.24) is 0 Å². The summed E-state index contributed by atoms with van der Waals surface area (Å²) in [5.41, 5.74) is 0. The Balaban J connectivity index is 6.27. The Morgan fingerprint density at radius 1 is 0.611 bits per heavy atom. The standard InChI is InChI=1S/C16H15F17O2Te/c1-4-35-7(34)8(2,3)36-6-5-9(17,18)10(19,20)11(21,22)12(23,24)13(25,26)14(27,28)15(29,30)16(31,32)33/h4-6H2,1-3H3. The second-order valence-corrected chi connectivity index (χ2v) is 12.4. The average molecular weight is 690 g/mol. The Bertz CT molecular complexity index is 788. The van der Waals surface area contributed by atoms with Crippen LogP contribution in [0.3, 0.4) is 0 Å². The van der Waals surface area contributed by atoms with Crippen LogP contribution in [0.5, 0.6) is 0 Å². The molecule has 0 bridgehead atoms. The average Bonchev–Trinajstić information content (AvgIpc) is 2.65. The summed E-state index contributed by atoms with van der Waals surface area (Å²) in [4.78, 5) is 11.6. The van der Waals surface area contributed by atoms with E-state index in [4.69, 9.17) is 0 Å². The maximum atomic E-state index is 13.8. The van der Waals surface area contributed by atoms with Crippen LogP contribution in [0.4, 0.5) is 74.6 Å². The van der Waals surface area contributed by atoms with Crippen LogP contribution < -0.4 is 0 Å². The van der Waals surface area contributed by atoms with E-state index in [-0.39, 0.29) is 6.61 Å². The van der Waals surface area contributed by atoms with Gasteiger partial charge in [0.15, 0.2) is 0 Å². The summed E-state index contributed by atoms with van der Waals surface area (Å²) >= 11 is -2.25. The van der Waals surface area contributed by atoms with E-state index in [1.165, 1.54) is 6.92 Å². The van der Waals surface area contributed by atoms with E-state index in [2.05, 4.69) is 4.74 Å². The number of ether oxygens (including phenoxy) is 1. The fourth-order valence-corrected chi connectivity index (χ4v) is 5.14. The minimum absolute atomic E-state index is 0.239. The third kappa shape index (κ3) is 5.44. The Labute approximate surface area is 201 Å². The van der Waals surface area contributed by atoms with E-state index in [0.29, 0.717) is 0 Å². The van der Waals surface area contributed by atoms with Gasteiger partial charge in [-0.3, -0.25) is 0 Å². The number of alkyl halides is 17. The molecule has 0 unspecified atom stereocenters. The van der Waals surface area contributed by atoms with Crippen LogP contribution in [0.25, 0.3) is 0 Å². The SMILES string of the molecule is CCOC(=O)C(C)(C)[Te]CCC(F)(F)C(F)(F)C(F)(F)C(F)(F)C(F)(F)C(F)(F)C(F)(F)C(F)(F)F. The van der Waals surface area contributed by atoms with Crippen LogP contribution in [0, 0.1) is 0 Å². The second-order valence-electron chi connectivity index (χ2n) is 7.48. The quantitative estimate of drug-likeness (QED) is 0.123. The van der Waals surface area contributed by atoms with Crippen LogP contribution >= 0.6 is 0 Å². The van der Waals surface area contributed by atoms with Gasteiger partial charge in [0.25, 0.3) is 0 Å². The molecule has 0 aliphatic carbocycles. The molecule has 20 heteroatoms. The molecule has 0 aliphatic rings. The molecule has 0 aromatic heterocycles. The van der Waals surface area contributed by atoms with Crippen molar-refractivity contribution in [3.8, 4) is 0 Å². The summed E-state index contributed by atoms with van der Waals surface area (Å²) in [6.07, 6.45) is -10.3. The molecular weight excluding hydrogens is 675 g/mol. The molecular formula is C16H15F17O2Te. The minimum atomic E-state index is -8.64. The molecule has 0 spiro atoms. The molecule has 0 aromatic rings. The van der Waals surface area contributed by atoms with Crippen molar-refractivity contribution >= 4 is 26.9 Å². The van der Waals surface area contributed by atoms with Crippen molar-refractivity contribution in [2.45, 2.75) is 82.8 Å². The summed E-state index contributed by atoms with van der Waals surface area (Å²) in [5.74, 6) is -57.4. The van der Waals surface area contributed by atoms with Gasteiger partial charge in [0.2, 0.25) is 0 Å². The molecule has 0 rings (SSSR count). The van der Waals surface area contributed by atoms with Gasteiger partial charge in [-0.25, -0.2) is 0 Å². The molecule has 0 N–H and O–H groups in total. The topological polar surface area (TPSA) is 26.3 Å². The van der Waals surface area contributed by atoms with E-state index in [9.17, 15) is 79.4 Å². The first-order chi connectivity index (χ1) is 15.4. The van der Waals surface area contributed by atoms with Gasteiger partial charge in [-0.15, -0.1) is 0 Å². The Morgan fingerprint density at radius 3 is 1.28 bits per heavy atom. The van der Waals surface area contributed by atoms with Gasteiger partial charge in [0, 0.05) is 0 Å². The molecule has 0 aliphatic heterocycles. The molecule has 0 saturated carbocycles.